The monoisotopic (exact) mass is 233 g/mol. The zero-order chi connectivity index (χ0) is 12.1. The number of hydrogen-bond donors (Lipinski definition) is 0. The Bertz CT molecular complexity index is 186. The Morgan fingerprint density at radius 2 is 1.40 bits per heavy atom. The molecule has 0 aliphatic carbocycles. The van der Waals surface area contributed by atoms with E-state index in [1.54, 1.807) is 0 Å². The van der Waals surface area contributed by atoms with Gasteiger partial charge in [0.25, 0.3) is 0 Å². The van der Waals surface area contributed by atoms with Crippen molar-refractivity contribution in [2.24, 2.45) is 5.92 Å². The molecule has 0 N–H and O–H groups in total. The third-order valence-corrected chi connectivity index (χ3v) is 1.75. The molecule has 0 nitrogen and oxygen atoms in total. The van der Waals surface area contributed by atoms with Crippen LogP contribution in [-0.2, 0) is 0 Å². The molecule has 15 heavy (non-hydrogen) atoms. The first kappa shape index (κ1) is 14.3. The molecule has 0 aromatic heterocycles. The molecule has 0 amide bonds. The fraction of sp³-hybridized carbons (Fsp3) is 0.667. The van der Waals surface area contributed by atoms with E-state index in [1.165, 1.54) is 12.2 Å². The Morgan fingerprint density at radius 3 is 1.73 bits per heavy atom. The molecule has 0 saturated heterocycles. The van der Waals surface area contributed by atoms with Crippen LogP contribution in [0.4, 0.5) is 26.3 Å². The molecule has 6 heteroatoms. The summed E-state index contributed by atoms with van der Waals surface area (Å²) in [5, 5.41) is 0. The topological polar surface area (TPSA) is 0 Å². The predicted octanol–water partition coefficient (Wildman–Crippen LogP) is 4.29. The van der Waals surface area contributed by atoms with Gasteiger partial charge in [-0.2, -0.15) is 26.3 Å². The van der Waals surface area contributed by atoms with Gasteiger partial charge in [0, 0.05) is 0 Å². The van der Waals surface area contributed by atoms with E-state index in [4.69, 9.17) is 0 Å². The average Bonchev–Trinajstić information content (AvgIpc) is 1.99. The van der Waals surface area contributed by atoms with Crippen LogP contribution in [0.1, 0.15) is 19.3 Å². The Morgan fingerprint density at radius 1 is 0.933 bits per heavy atom. The highest BCUT2D eigenvalue weighted by Crippen LogP contribution is 2.41. The van der Waals surface area contributed by atoms with Crippen molar-refractivity contribution >= 4 is 0 Å². The van der Waals surface area contributed by atoms with Crippen molar-refractivity contribution in [3.8, 4) is 0 Å². The van der Waals surface area contributed by atoms with Crippen LogP contribution in [0.5, 0.6) is 0 Å². The minimum absolute atomic E-state index is 0.251. The summed E-state index contributed by atoms with van der Waals surface area (Å²) < 4.78 is 71.8. The van der Waals surface area contributed by atoms with Gasteiger partial charge in [0.1, 0.15) is 0 Å². The molecule has 0 aromatic rings. The van der Waals surface area contributed by atoms with Crippen molar-refractivity contribution in [1.29, 1.82) is 0 Å². The SMILES string of the molecule is [CH2]CC=CCCC(C(F)(F)F)C(F)(F)F. The number of hydrogen-bond acceptors (Lipinski definition) is 0. The van der Waals surface area contributed by atoms with E-state index in [0.717, 1.165) is 0 Å². The largest absolute Gasteiger partial charge is 0.400 e. The molecule has 0 atom stereocenters. The predicted molar refractivity (Wildman–Crippen MR) is 43.9 cm³/mol. The summed E-state index contributed by atoms with van der Waals surface area (Å²) in [6, 6.07) is 0. The number of alkyl halides is 6. The molecule has 0 bridgehead atoms. The Kier molecular flexibility index (Phi) is 5.17. The zero-order valence-electron chi connectivity index (χ0n) is 7.83. The van der Waals surface area contributed by atoms with Crippen LogP contribution < -0.4 is 0 Å². The zero-order valence-corrected chi connectivity index (χ0v) is 7.83. The van der Waals surface area contributed by atoms with E-state index in [2.05, 4.69) is 6.92 Å². The van der Waals surface area contributed by atoms with E-state index in [-0.39, 0.29) is 6.42 Å². The first-order valence-corrected chi connectivity index (χ1v) is 4.27. The molecular weight excluding hydrogens is 222 g/mol. The van der Waals surface area contributed by atoms with Crippen molar-refractivity contribution in [3.05, 3.63) is 19.1 Å². The molecule has 0 aliphatic heterocycles. The second-order valence-electron chi connectivity index (χ2n) is 2.97. The molecule has 0 fully saturated rings. The van der Waals surface area contributed by atoms with Gasteiger partial charge in [0.15, 0.2) is 5.92 Å². The Labute approximate surface area is 84.0 Å². The van der Waals surface area contributed by atoms with E-state index in [9.17, 15) is 26.3 Å². The summed E-state index contributed by atoms with van der Waals surface area (Å²) in [5.74, 6) is -3.24. The fourth-order valence-electron chi connectivity index (χ4n) is 1.01. The molecule has 0 unspecified atom stereocenters. The molecule has 1 radical (unpaired) electrons. The number of rotatable bonds is 4. The third-order valence-electron chi connectivity index (χ3n) is 1.75. The van der Waals surface area contributed by atoms with Crippen LogP contribution in [-0.4, -0.2) is 12.4 Å². The highest BCUT2D eigenvalue weighted by Gasteiger charge is 2.55. The average molecular weight is 233 g/mol. The summed E-state index contributed by atoms with van der Waals surface area (Å²) in [7, 11) is 0. The van der Waals surface area contributed by atoms with Crippen molar-refractivity contribution in [3.63, 3.8) is 0 Å². The fourth-order valence-corrected chi connectivity index (χ4v) is 1.01. The number of allylic oxidation sites excluding steroid dienone is 2. The summed E-state index contributed by atoms with van der Waals surface area (Å²) in [4.78, 5) is 0. The minimum atomic E-state index is -5.23. The second kappa shape index (κ2) is 5.42. The van der Waals surface area contributed by atoms with Crippen LogP contribution in [0.15, 0.2) is 12.2 Å². The van der Waals surface area contributed by atoms with Crippen LogP contribution in [0.25, 0.3) is 0 Å². The molecule has 0 spiro atoms. The van der Waals surface area contributed by atoms with E-state index in [1.807, 2.05) is 0 Å². The maximum atomic E-state index is 12.0. The van der Waals surface area contributed by atoms with E-state index in [0.29, 0.717) is 6.42 Å². The lowest BCUT2D eigenvalue weighted by atomic mass is 10.0. The lowest BCUT2D eigenvalue weighted by Gasteiger charge is -2.22. The van der Waals surface area contributed by atoms with Gasteiger partial charge in [-0.3, -0.25) is 0 Å². The van der Waals surface area contributed by atoms with E-state index >= 15 is 0 Å². The highest BCUT2D eigenvalue weighted by molar-refractivity contribution is 4.85. The van der Waals surface area contributed by atoms with Crippen molar-refractivity contribution < 1.29 is 26.3 Å². The lowest BCUT2D eigenvalue weighted by Crippen LogP contribution is -2.36. The molecule has 89 valence electrons. The highest BCUT2D eigenvalue weighted by atomic mass is 19.4. The van der Waals surface area contributed by atoms with Crippen LogP contribution >= 0.6 is 0 Å². The molecule has 0 rings (SSSR count). The van der Waals surface area contributed by atoms with Gasteiger partial charge >= 0.3 is 12.4 Å². The van der Waals surface area contributed by atoms with Gasteiger partial charge in [0.05, 0.1) is 0 Å². The molecule has 0 saturated carbocycles. The molecule has 0 heterocycles. The normalized spacial score (nSPS) is 14.1. The minimum Gasteiger partial charge on any atom is -0.170 e. The molecular formula is C9H11F6. The Hall–Kier alpha value is -0.680. The van der Waals surface area contributed by atoms with Gasteiger partial charge in [-0.25, -0.2) is 0 Å². The first-order chi connectivity index (χ1) is 6.69. The smallest absolute Gasteiger partial charge is 0.170 e. The second-order valence-corrected chi connectivity index (χ2v) is 2.97. The van der Waals surface area contributed by atoms with Crippen LogP contribution in [0, 0.1) is 12.8 Å². The molecule has 0 aliphatic rings. The summed E-state index contributed by atoms with van der Waals surface area (Å²) in [5.41, 5.74) is 0. The quantitative estimate of drug-likeness (QED) is 0.502. The van der Waals surface area contributed by atoms with E-state index < -0.39 is 24.7 Å². The van der Waals surface area contributed by atoms with Crippen molar-refractivity contribution in [2.45, 2.75) is 31.6 Å². The standard InChI is InChI=1S/C9H11F6/c1-2-3-4-5-6-7(8(10,11)12)9(13,14)15/h3-4,7H,1-2,5-6H2. The van der Waals surface area contributed by atoms with Gasteiger partial charge in [-0.05, 0) is 26.2 Å². The lowest BCUT2D eigenvalue weighted by molar-refractivity contribution is -0.285. The Balaban J connectivity index is 4.35. The van der Waals surface area contributed by atoms with Gasteiger partial charge in [-0.1, -0.05) is 12.2 Å². The van der Waals surface area contributed by atoms with Crippen molar-refractivity contribution in [2.75, 3.05) is 0 Å². The van der Waals surface area contributed by atoms with Crippen molar-refractivity contribution in [1.82, 2.24) is 0 Å². The number of halogens is 6. The van der Waals surface area contributed by atoms with Gasteiger partial charge in [-0.15, -0.1) is 0 Å². The summed E-state index contributed by atoms with van der Waals surface area (Å²) in [6.07, 6.45) is -8.61. The molecule has 0 aromatic carbocycles. The van der Waals surface area contributed by atoms with Crippen LogP contribution in [0.3, 0.4) is 0 Å². The van der Waals surface area contributed by atoms with Gasteiger partial charge in [0.2, 0.25) is 0 Å². The van der Waals surface area contributed by atoms with Crippen LogP contribution in [0.2, 0.25) is 0 Å². The third kappa shape index (κ3) is 5.69. The first-order valence-electron chi connectivity index (χ1n) is 4.27. The van der Waals surface area contributed by atoms with Gasteiger partial charge < -0.3 is 0 Å². The maximum absolute atomic E-state index is 12.0. The summed E-state index contributed by atoms with van der Waals surface area (Å²) >= 11 is 0. The maximum Gasteiger partial charge on any atom is 0.400 e. The summed E-state index contributed by atoms with van der Waals surface area (Å²) in [6.45, 7) is 3.37.